The van der Waals surface area contributed by atoms with Gasteiger partial charge in [0.2, 0.25) is 0 Å². The van der Waals surface area contributed by atoms with E-state index in [4.69, 9.17) is 9.47 Å². The maximum atomic E-state index is 11.6. The molecular weight excluding hydrogens is 320 g/mol. The Morgan fingerprint density at radius 1 is 1.29 bits per heavy atom. The van der Waals surface area contributed by atoms with Gasteiger partial charge in [0.05, 0.1) is 13.7 Å². The normalized spacial score (nSPS) is 16.4. The van der Waals surface area contributed by atoms with Crippen LogP contribution in [-0.4, -0.2) is 24.9 Å². The zero-order valence-electron chi connectivity index (χ0n) is 14.7. The smallest absolute Gasteiger partial charge is 0.330 e. The lowest BCUT2D eigenvalue weighted by Crippen LogP contribution is -2.08. The summed E-state index contributed by atoms with van der Waals surface area (Å²) in [5.41, 5.74) is 1.28. The van der Waals surface area contributed by atoms with E-state index in [9.17, 15) is 4.79 Å². The molecule has 1 aromatic carbocycles. The maximum absolute atomic E-state index is 11.6. The van der Waals surface area contributed by atoms with Gasteiger partial charge in [0.25, 0.3) is 0 Å². The van der Waals surface area contributed by atoms with E-state index in [0.717, 1.165) is 23.8 Å². The van der Waals surface area contributed by atoms with Crippen LogP contribution in [0.15, 0.2) is 36.4 Å². The van der Waals surface area contributed by atoms with Gasteiger partial charge in [-0.25, -0.2) is 4.79 Å². The fourth-order valence-corrected chi connectivity index (χ4v) is 4.27. The van der Waals surface area contributed by atoms with Crippen LogP contribution in [0.4, 0.5) is 0 Å². The Labute approximate surface area is 149 Å². The van der Waals surface area contributed by atoms with E-state index in [0.29, 0.717) is 11.9 Å². The average molecular weight is 349 g/mol. The van der Waals surface area contributed by atoms with Crippen LogP contribution in [0.25, 0.3) is 0 Å². The molecule has 0 radical (unpaired) electrons. The summed E-state index contributed by atoms with van der Waals surface area (Å²) in [4.78, 5) is 11.6. The molecule has 1 atom stereocenters. The fourth-order valence-electron chi connectivity index (χ4n) is 3.08. The van der Waals surface area contributed by atoms with Crippen molar-refractivity contribution in [3.05, 3.63) is 42.0 Å². The zero-order valence-corrected chi connectivity index (χ0v) is 15.5. The summed E-state index contributed by atoms with van der Waals surface area (Å²) in [6, 6.07) is 8.20. The van der Waals surface area contributed by atoms with Gasteiger partial charge in [-0.3, -0.25) is 0 Å². The van der Waals surface area contributed by atoms with Crippen molar-refractivity contribution in [2.45, 2.75) is 50.0 Å². The van der Waals surface area contributed by atoms with E-state index in [1.54, 1.807) is 13.2 Å². The lowest BCUT2D eigenvalue weighted by atomic mass is 10.0. The van der Waals surface area contributed by atoms with Gasteiger partial charge in [-0.05, 0) is 37.0 Å². The minimum absolute atomic E-state index is 0.237. The molecule has 0 heterocycles. The topological polar surface area (TPSA) is 35.5 Å². The Hall–Kier alpha value is -1.42. The van der Waals surface area contributed by atoms with Crippen molar-refractivity contribution in [1.82, 2.24) is 0 Å². The van der Waals surface area contributed by atoms with Crippen molar-refractivity contribution in [3.8, 4) is 5.75 Å². The first-order chi connectivity index (χ1) is 11.7. The zero-order chi connectivity index (χ0) is 17.2. The standard InChI is InChI=1S/C20H28O3S/c1-3-23-20(21)13-12-19(14-16-6-4-5-7-16)24-15-17-8-10-18(22-2)11-9-17/h8-13,16,19H,3-7,14-15H2,1-2H3/b13-12+/t19-/m0/s1. The molecule has 0 bridgehead atoms. The molecule has 0 N–H and O–H groups in total. The highest BCUT2D eigenvalue weighted by atomic mass is 32.2. The van der Waals surface area contributed by atoms with Crippen LogP contribution >= 0.6 is 11.8 Å². The van der Waals surface area contributed by atoms with Crippen molar-refractivity contribution in [3.63, 3.8) is 0 Å². The minimum Gasteiger partial charge on any atom is -0.497 e. The maximum Gasteiger partial charge on any atom is 0.330 e. The Morgan fingerprint density at radius 3 is 2.62 bits per heavy atom. The average Bonchev–Trinajstić information content (AvgIpc) is 3.11. The first-order valence-corrected chi connectivity index (χ1v) is 9.85. The van der Waals surface area contributed by atoms with Crippen LogP contribution in [0.2, 0.25) is 0 Å². The predicted molar refractivity (Wildman–Crippen MR) is 100 cm³/mol. The lowest BCUT2D eigenvalue weighted by molar-refractivity contribution is -0.137. The number of esters is 1. The van der Waals surface area contributed by atoms with Gasteiger partial charge in [-0.2, -0.15) is 0 Å². The minimum atomic E-state index is -0.237. The third kappa shape index (κ3) is 6.60. The monoisotopic (exact) mass is 348 g/mol. The molecule has 24 heavy (non-hydrogen) atoms. The van der Waals surface area contributed by atoms with Crippen LogP contribution in [0.1, 0.15) is 44.6 Å². The second kappa shape index (κ2) is 10.4. The summed E-state index contributed by atoms with van der Waals surface area (Å²) in [5, 5.41) is 0.361. The van der Waals surface area contributed by atoms with E-state index in [1.165, 1.54) is 31.2 Å². The summed E-state index contributed by atoms with van der Waals surface area (Å²) in [7, 11) is 1.68. The molecule has 1 fully saturated rings. The molecule has 0 spiro atoms. The van der Waals surface area contributed by atoms with Gasteiger partial charge in [-0.15, -0.1) is 11.8 Å². The van der Waals surface area contributed by atoms with E-state index in [1.807, 2.05) is 36.9 Å². The number of carbonyl (C=O) groups excluding carboxylic acids is 1. The van der Waals surface area contributed by atoms with Gasteiger partial charge in [0, 0.05) is 17.1 Å². The molecule has 1 aliphatic rings. The summed E-state index contributed by atoms with van der Waals surface area (Å²) in [5.74, 6) is 2.38. The molecular formula is C20H28O3S. The van der Waals surface area contributed by atoms with Gasteiger partial charge in [0.15, 0.2) is 0 Å². The Bertz CT molecular complexity index is 518. The molecule has 132 valence electrons. The van der Waals surface area contributed by atoms with E-state index in [-0.39, 0.29) is 5.97 Å². The number of hydrogen-bond donors (Lipinski definition) is 0. The summed E-state index contributed by atoms with van der Waals surface area (Å²) < 4.78 is 10.2. The van der Waals surface area contributed by atoms with Crippen LogP contribution in [0.3, 0.4) is 0 Å². The Kier molecular flexibility index (Phi) is 8.23. The van der Waals surface area contributed by atoms with Gasteiger partial charge in [-0.1, -0.05) is 43.9 Å². The molecule has 0 saturated heterocycles. The van der Waals surface area contributed by atoms with E-state index < -0.39 is 0 Å². The highest BCUT2D eigenvalue weighted by molar-refractivity contribution is 7.99. The third-order valence-corrected chi connectivity index (χ3v) is 5.67. The first kappa shape index (κ1) is 18.9. The highest BCUT2D eigenvalue weighted by Gasteiger charge is 2.19. The second-order valence-corrected chi connectivity index (χ2v) is 7.42. The molecule has 3 nitrogen and oxygen atoms in total. The van der Waals surface area contributed by atoms with Crippen LogP contribution in [0, 0.1) is 5.92 Å². The van der Waals surface area contributed by atoms with Gasteiger partial charge in [0.1, 0.15) is 5.75 Å². The SMILES string of the molecule is CCOC(=O)/C=C/[C@@H](CC1CCCC1)SCc1ccc(OC)cc1. The number of rotatable bonds is 9. The van der Waals surface area contributed by atoms with Crippen LogP contribution in [-0.2, 0) is 15.3 Å². The first-order valence-electron chi connectivity index (χ1n) is 8.80. The number of ether oxygens (including phenoxy) is 2. The van der Waals surface area contributed by atoms with Gasteiger partial charge >= 0.3 is 5.97 Å². The van der Waals surface area contributed by atoms with Crippen molar-refractivity contribution in [2.24, 2.45) is 5.92 Å². The third-order valence-electron chi connectivity index (χ3n) is 4.40. The molecule has 0 amide bonds. The molecule has 1 saturated carbocycles. The number of methoxy groups -OCH3 is 1. The van der Waals surface area contributed by atoms with Crippen molar-refractivity contribution >= 4 is 17.7 Å². The van der Waals surface area contributed by atoms with Crippen LogP contribution < -0.4 is 4.74 Å². The second-order valence-electron chi connectivity index (χ2n) is 6.19. The Morgan fingerprint density at radius 2 is 2.00 bits per heavy atom. The number of carbonyl (C=O) groups is 1. The summed E-state index contributed by atoms with van der Waals surface area (Å²) in [6.45, 7) is 2.26. The molecule has 2 rings (SSSR count). The molecule has 4 heteroatoms. The van der Waals surface area contributed by atoms with Crippen LogP contribution in [0.5, 0.6) is 5.75 Å². The molecule has 1 aliphatic carbocycles. The highest BCUT2D eigenvalue weighted by Crippen LogP contribution is 2.33. The number of hydrogen-bond acceptors (Lipinski definition) is 4. The summed E-state index contributed by atoms with van der Waals surface area (Å²) >= 11 is 1.90. The molecule has 1 aromatic rings. The quantitative estimate of drug-likeness (QED) is 0.465. The Balaban J connectivity index is 1.91. The fraction of sp³-hybridized carbons (Fsp3) is 0.550. The van der Waals surface area contributed by atoms with Crippen molar-refractivity contribution < 1.29 is 14.3 Å². The van der Waals surface area contributed by atoms with Crippen molar-refractivity contribution in [1.29, 1.82) is 0 Å². The predicted octanol–water partition coefficient (Wildman–Crippen LogP) is 5.00. The largest absolute Gasteiger partial charge is 0.497 e. The molecule has 0 aromatic heterocycles. The molecule has 0 unspecified atom stereocenters. The van der Waals surface area contributed by atoms with Crippen molar-refractivity contribution in [2.75, 3.05) is 13.7 Å². The van der Waals surface area contributed by atoms with E-state index in [2.05, 4.69) is 12.1 Å². The summed E-state index contributed by atoms with van der Waals surface area (Å²) in [6.07, 6.45) is 10.1. The number of benzene rings is 1. The lowest BCUT2D eigenvalue weighted by Gasteiger charge is -2.17. The van der Waals surface area contributed by atoms with E-state index >= 15 is 0 Å². The number of thioether (sulfide) groups is 1. The van der Waals surface area contributed by atoms with Gasteiger partial charge < -0.3 is 9.47 Å². The molecule has 0 aliphatic heterocycles.